The van der Waals surface area contributed by atoms with Crippen molar-refractivity contribution >= 4 is 33.7 Å². The van der Waals surface area contributed by atoms with Gasteiger partial charge >= 0.3 is 0 Å². The largest absolute Gasteiger partial charge is 0.382 e. The minimum absolute atomic E-state index is 0.00882. The third-order valence-electron chi connectivity index (χ3n) is 5.73. The number of benzene rings is 1. The average molecular weight is 485 g/mol. The van der Waals surface area contributed by atoms with Crippen LogP contribution in [0.15, 0.2) is 24.3 Å². The van der Waals surface area contributed by atoms with Crippen LogP contribution in [0.5, 0.6) is 0 Å². The van der Waals surface area contributed by atoms with E-state index in [4.69, 9.17) is 25.9 Å². The molecule has 0 spiro atoms. The molecular formula is C26H40N6O3. The Morgan fingerprint density at radius 2 is 1.89 bits per heavy atom. The van der Waals surface area contributed by atoms with Crippen LogP contribution >= 0.6 is 0 Å². The highest BCUT2D eigenvalue weighted by Gasteiger charge is 2.26. The second-order valence-corrected chi connectivity index (χ2v) is 10.7. The number of aromatic nitrogens is 3. The molecule has 0 aliphatic rings. The summed E-state index contributed by atoms with van der Waals surface area (Å²) in [4.78, 5) is 21.6. The first-order valence-electron chi connectivity index (χ1n) is 12.2. The number of para-hydroxylation sites is 1. The summed E-state index contributed by atoms with van der Waals surface area (Å²) in [7, 11) is 0. The number of fused-ring (bicyclic) bond motifs is 3. The van der Waals surface area contributed by atoms with Crippen LogP contribution in [-0.2, 0) is 27.4 Å². The van der Waals surface area contributed by atoms with E-state index >= 15 is 0 Å². The van der Waals surface area contributed by atoms with Crippen molar-refractivity contribution in [2.75, 3.05) is 25.5 Å². The molecule has 0 fully saturated rings. The molecule has 3 aromatic rings. The van der Waals surface area contributed by atoms with E-state index in [1.165, 1.54) is 0 Å². The minimum Gasteiger partial charge on any atom is -0.382 e. The van der Waals surface area contributed by atoms with Gasteiger partial charge in [0.05, 0.1) is 35.8 Å². The van der Waals surface area contributed by atoms with Crippen molar-refractivity contribution < 1.29 is 14.3 Å². The van der Waals surface area contributed by atoms with Crippen LogP contribution in [-0.4, -0.2) is 51.8 Å². The highest BCUT2D eigenvalue weighted by atomic mass is 16.5. The van der Waals surface area contributed by atoms with E-state index in [1.807, 2.05) is 45.0 Å². The highest BCUT2D eigenvalue weighted by molar-refractivity contribution is 6.06. The molecule has 192 valence electrons. The third kappa shape index (κ3) is 6.90. The van der Waals surface area contributed by atoms with E-state index in [0.717, 1.165) is 22.2 Å². The van der Waals surface area contributed by atoms with Crippen LogP contribution in [0.2, 0.25) is 0 Å². The van der Waals surface area contributed by atoms with Crippen LogP contribution in [0.3, 0.4) is 0 Å². The van der Waals surface area contributed by atoms with Crippen LogP contribution in [0, 0.1) is 5.41 Å². The van der Waals surface area contributed by atoms with Crippen LogP contribution in [0.1, 0.15) is 53.8 Å². The van der Waals surface area contributed by atoms with Gasteiger partial charge in [-0.25, -0.2) is 9.97 Å². The molecule has 0 saturated carbocycles. The molecule has 9 nitrogen and oxygen atoms in total. The second kappa shape index (κ2) is 10.9. The zero-order valence-electron chi connectivity index (χ0n) is 21.9. The molecule has 0 bridgehead atoms. The second-order valence-electron chi connectivity index (χ2n) is 10.7. The lowest BCUT2D eigenvalue weighted by atomic mass is 9.88. The van der Waals surface area contributed by atoms with Crippen LogP contribution < -0.4 is 16.8 Å². The Kier molecular flexibility index (Phi) is 8.35. The summed E-state index contributed by atoms with van der Waals surface area (Å²) in [5.41, 5.74) is 14.2. The summed E-state index contributed by atoms with van der Waals surface area (Å²) in [6, 6.07) is 7.36. The summed E-state index contributed by atoms with van der Waals surface area (Å²) >= 11 is 0. The van der Waals surface area contributed by atoms with Crippen LogP contribution in [0.25, 0.3) is 21.9 Å². The van der Waals surface area contributed by atoms with Gasteiger partial charge < -0.3 is 30.8 Å². The minimum atomic E-state index is -0.550. The Balaban J connectivity index is 1.76. The average Bonchev–Trinajstić information content (AvgIpc) is 3.12. The Morgan fingerprint density at radius 1 is 1.17 bits per heavy atom. The van der Waals surface area contributed by atoms with Gasteiger partial charge in [0, 0.05) is 18.5 Å². The number of rotatable bonds is 11. The summed E-state index contributed by atoms with van der Waals surface area (Å²) in [5.74, 6) is 1.00. The highest BCUT2D eigenvalue weighted by Crippen LogP contribution is 2.30. The molecular weight excluding hydrogens is 444 g/mol. The Bertz CT molecular complexity index is 1170. The van der Waals surface area contributed by atoms with Crippen LogP contribution in [0.4, 0.5) is 5.82 Å². The number of carbonyl (C=O) groups excluding carboxylic acids is 1. The van der Waals surface area contributed by atoms with Gasteiger partial charge in [0.2, 0.25) is 5.91 Å². The van der Waals surface area contributed by atoms with Crippen molar-refractivity contribution in [2.45, 2.75) is 72.8 Å². The molecule has 1 aromatic carbocycles. The lowest BCUT2D eigenvalue weighted by molar-refractivity contribution is -0.123. The normalized spacial score (nSPS) is 13.5. The van der Waals surface area contributed by atoms with E-state index in [0.29, 0.717) is 50.7 Å². The number of nitrogens with two attached hydrogens (primary N) is 2. The number of hydrogen-bond donors (Lipinski definition) is 3. The fourth-order valence-electron chi connectivity index (χ4n) is 4.19. The monoisotopic (exact) mass is 484 g/mol. The third-order valence-corrected chi connectivity index (χ3v) is 5.73. The maximum atomic E-state index is 12.3. The number of ether oxygens (including phenoxy) is 2. The van der Waals surface area contributed by atoms with Crippen molar-refractivity contribution in [1.82, 2.24) is 19.9 Å². The molecule has 0 radical (unpaired) electrons. The fraction of sp³-hybridized carbons (Fsp3) is 0.577. The molecule has 2 heterocycles. The van der Waals surface area contributed by atoms with Crippen molar-refractivity contribution in [3.05, 3.63) is 30.1 Å². The van der Waals surface area contributed by atoms with Gasteiger partial charge in [-0.15, -0.1) is 0 Å². The number of pyridine rings is 1. The molecule has 0 aliphatic carbocycles. The van der Waals surface area contributed by atoms with Gasteiger partial charge in [-0.1, -0.05) is 39.0 Å². The lowest BCUT2D eigenvalue weighted by Crippen LogP contribution is -2.44. The van der Waals surface area contributed by atoms with E-state index in [2.05, 4.69) is 35.6 Å². The number of carbonyl (C=O) groups is 1. The zero-order valence-corrected chi connectivity index (χ0v) is 21.9. The number of hydrogen-bond acceptors (Lipinski definition) is 7. The number of nitrogen functional groups attached to an aromatic ring is 1. The summed E-state index contributed by atoms with van der Waals surface area (Å²) < 4.78 is 14.0. The molecule has 3 rings (SSSR count). The van der Waals surface area contributed by atoms with Gasteiger partial charge in [0.25, 0.3) is 0 Å². The molecule has 35 heavy (non-hydrogen) atoms. The smallest absolute Gasteiger partial charge is 0.237 e. The molecule has 0 saturated heterocycles. The predicted octanol–water partition coefficient (Wildman–Crippen LogP) is 3.38. The predicted molar refractivity (Wildman–Crippen MR) is 140 cm³/mol. The van der Waals surface area contributed by atoms with Crippen molar-refractivity contribution in [1.29, 1.82) is 0 Å². The van der Waals surface area contributed by atoms with Crippen molar-refractivity contribution in [3.63, 3.8) is 0 Å². The van der Waals surface area contributed by atoms with E-state index in [1.54, 1.807) is 0 Å². The maximum Gasteiger partial charge on any atom is 0.237 e. The summed E-state index contributed by atoms with van der Waals surface area (Å²) in [6.45, 7) is 14.4. The molecule has 0 unspecified atom stereocenters. The summed E-state index contributed by atoms with van der Waals surface area (Å²) in [5, 5.41) is 3.86. The maximum absolute atomic E-state index is 12.3. The first-order chi connectivity index (χ1) is 16.4. The molecule has 9 heteroatoms. The van der Waals surface area contributed by atoms with E-state index in [9.17, 15) is 4.79 Å². The van der Waals surface area contributed by atoms with Gasteiger partial charge in [-0.2, -0.15) is 0 Å². The lowest BCUT2D eigenvalue weighted by Gasteiger charge is -2.28. The standard InChI is InChI=1S/C26H40N6O3/c1-7-34-15-20-31-21-22(17-10-8-9-11-19(17)30-23(21)28)32(20)16-26(5,6)35-13-12-29-24(33)18(27)14-25(2,3)4/h8-11,18H,7,12-16,27H2,1-6H3,(H2,28,30)(H,29,33)/t18-/m0/s1. The molecule has 2 aromatic heterocycles. The first kappa shape index (κ1) is 26.8. The zero-order chi connectivity index (χ0) is 25.8. The SMILES string of the molecule is CCOCc1nc2c(N)nc3ccccc3c2n1CC(C)(C)OCCNC(=O)[C@@H](N)CC(C)(C)C. The van der Waals surface area contributed by atoms with Crippen molar-refractivity contribution in [2.24, 2.45) is 11.1 Å². The Labute approximate surface area is 207 Å². The Morgan fingerprint density at radius 3 is 2.57 bits per heavy atom. The molecule has 1 amide bonds. The van der Waals surface area contributed by atoms with Crippen molar-refractivity contribution in [3.8, 4) is 0 Å². The molecule has 1 atom stereocenters. The topological polar surface area (TPSA) is 130 Å². The number of imidazole rings is 1. The summed E-state index contributed by atoms with van der Waals surface area (Å²) in [6.07, 6.45) is 0.618. The van der Waals surface area contributed by atoms with E-state index in [-0.39, 0.29) is 11.3 Å². The first-order valence-corrected chi connectivity index (χ1v) is 12.2. The molecule has 5 N–H and O–H groups in total. The number of nitrogens with one attached hydrogen (secondary N) is 1. The van der Waals surface area contributed by atoms with Gasteiger partial charge in [-0.3, -0.25) is 4.79 Å². The van der Waals surface area contributed by atoms with Gasteiger partial charge in [-0.05, 0) is 38.7 Å². The number of nitrogens with zero attached hydrogens (tertiary/aromatic N) is 3. The fourth-order valence-corrected chi connectivity index (χ4v) is 4.19. The number of amides is 1. The number of anilines is 1. The molecule has 0 aliphatic heterocycles. The van der Waals surface area contributed by atoms with Gasteiger partial charge in [0.1, 0.15) is 17.9 Å². The quantitative estimate of drug-likeness (QED) is 0.356. The Hall–Kier alpha value is -2.75. The van der Waals surface area contributed by atoms with E-state index < -0.39 is 11.6 Å². The van der Waals surface area contributed by atoms with Gasteiger partial charge in [0.15, 0.2) is 5.82 Å².